The molecule has 0 radical (unpaired) electrons. The Morgan fingerprint density at radius 1 is 1.08 bits per heavy atom. The molecule has 1 fully saturated rings. The fourth-order valence-electron chi connectivity index (χ4n) is 4.42. The summed E-state index contributed by atoms with van der Waals surface area (Å²) in [5, 5.41) is 7.81. The Bertz CT molecular complexity index is 1560. The van der Waals surface area contributed by atoms with Crippen molar-refractivity contribution in [3.05, 3.63) is 77.2 Å². The predicted molar refractivity (Wildman–Crippen MR) is 137 cm³/mol. The summed E-state index contributed by atoms with van der Waals surface area (Å²) in [6.07, 6.45) is -1.25. The molecule has 0 bridgehead atoms. The van der Waals surface area contributed by atoms with E-state index in [0.717, 1.165) is 38.1 Å². The molecule has 194 valence electrons. The highest BCUT2D eigenvalue weighted by Crippen LogP contribution is 2.31. The average molecular weight is 520 g/mol. The van der Waals surface area contributed by atoms with Crippen molar-refractivity contribution in [2.45, 2.75) is 25.1 Å². The second-order valence-electron chi connectivity index (χ2n) is 9.15. The van der Waals surface area contributed by atoms with Crippen molar-refractivity contribution in [1.82, 2.24) is 24.6 Å². The van der Waals surface area contributed by atoms with E-state index in [1.165, 1.54) is 18.5 Å². The van der Waals surface area contributed by atoms with Crippen LogP contribution in [0.4, 0.5) is 24.7 Å². The number of fused-ring (bicyclic) bond motifs is 1. The van der Waals surface area contributed by atoms with Crippen LogP contribution in [0.2, 0.25) is 0 Å². The SMILES string of the molecule is CN1CCC(n2nc(C#Cc3cccc(C(=O)Nc4cccc(C(F)(F)F)c4)c3)c3c(N)ncnc32)CC1. The maximum Gasteiger partial charge on any atom is 0.416 e. The molecular formula is C27H24F3N7O. The molecule has 4 aromatic rings. The number of nitrogens with one attached hydrogen (secondary N) is 1. The van der Waals surface area contributed by atoms with E-state index in [-0.39, 0.29) is 23.1 Å². The zero-order chi connectivity index (χ0) is 26.9. The Balaban J connectivity index is 1.41. The summed E-state index contributed by atoms with van der Waals surface area (Å²) in [7, 11) is 2.09. The van der Waals surface area contributed by atoms with Gasteiger partial charge in [-0.15, -0.1) is 0 Å². The van der Waals surface area contributed by atoms with E-state index in [1.807, 2.05) is 4.68 Å². The monoisotopic (exact) mass is 519 g/mol. The first-order valence-corrected chi connectivity index (χ1v) is 12.0. The van der Waals surface area contributed by atoms with Crippen LogP contribution < -0.4 is 11.1 Å². The van der Waals surface area contributed by atoms with Gasteiger partial charge in [-0.2, -0.15) is 18.3 Å². The van der Waals surface area contributed by atoms with Crippen LogP contribution in [0.3, 0.4) is 0 Å². The lowest BCUT2D eigenvalue weighted by atomic mass is 10.1. The number of nitrogens with two attached hydrogens (primary N) is 1. The third-order valence-corrected chi connectivity index (χ3v) is 6.45. The number of hydrogen-bond donors (Lipinski definition) is 2. The van der Waals surface area contributed by atoms with Crippen LogP contribution in [-0.2, 0) is 6.18 Å². The fourth-order valence-corrected chi connectivity index (χ4v) is 4.42. The number of carbonyl (C=O) groups excluding carboxylic acids is 1. The van der Waals surface area contributed by atoms with Crippen molar-refractivity contribution in [3.63, 3.8) is 0 Å². The summed E-state index contributed by atoms with van der Waals surface area (Å²) in [5.74, 6) is 5.79. The van der Waals surface area contributed by atoms with Gasteiger partial charge in [0.05, 0.1) is 17.0 Å². The predicted octanol–water partition coefficient (Wildman–Crippen LogP) is 4.35. The first kappa shape index (κ1) is 25.2. The minimum absolute atomic E-state index is 0.0442. The summed E-state index contributed by atoms with van der Waals surface area (Å²) in [4.78, 5) is 23.5. The topological polar surface area (TPSA) is 102 Å². The second-order valence-corrected chi connectivity index (χ2v) is 9.15. The Morgan fingerprint density at radius 2 is 1.84 bits per heavy atom. The lowest BCUT2D eigenvalue weighted by Gasteiger charge is -2.29. The fraction of sp³-hybridized carbons (Fsp3) is 0.259. The summed E-state index contributed by atoms with van der Waals surface area (Å²) < 4.78 is 40.9. The number of alkyl halides is 3. The number of anilines is 2. The Labute approximate surface area is 216 Å². The van der Waals surface area contributed by atoms with E-state index in [9.17, 15) is 18.0 Å². The molecule has 2 aromatic heterocycles. The van der Waals surface area contributed by atoms with Gasteiger partial charge in [-0.3, -0.25) is 4.79 Å². The summed E-state index contributed by atoms with van der Waals surface area (Å²) >= 11 is 0. The lowest BCUT2D eigenvalue weighted by molar-refractivity contribution is -0.137. The van der Waals surface area contributed by atoms with Gasteiger partial charge in [-0.05, 0) is 75.3 Å². The molecule has 1 aliphatic heterocycles. The number of hydrogen-bond acceptors (Lipinski definition) is 6. The van der Waals surface area contributed by atoms with Crippen LogP contribution >= 0.6 is 0 Å². The highest BCUT2D eigenvalue weighted by atomic mass is 19.4. The number of likely N-dealkylation sites (tertiary alicyclic amines) is 1. The standard InChI is InChI=1S/C27H24F3N7O/c1-36-12-10-21(11-13-36)37-25-23(24(31)32-16-33-25)22(35-37)9-8-17-4-2-5-18(14-17)26(38)34-20-7-3-6-19(15-20)27(28,29)30/h2-7,14-16,21H,10-13H2,1H3,(H,34,38)(H2,31,32,33). The van der Waals surface area contributed by atoms with E-state index in [4.69, 9.17) is 10.8 Å². The van der Waals surface area contributed by atoms with Crippen LogP contribution in [0.5, 0.6) is 0 Å². The third kappa shape index (κ3) is 5.31. The lowest BCUT2D eigenvalue weighted by Crippen LogP contribution is -2.32. The van der Waals surface area contributed by atoms with E-state index in [0.29, 0.717) is 22.3 Å². The molecule has 0 saturated carbocycles. The van der Waals surface area contributed by atoms with Crippen LogP contribution in [0, 0.1) is 11.8 Å². The van der Waals surface area contributed by atoms with Crippen molar-refractivity contribution >= 4 is 28.4 Å². The molecule has 1 aliphatic rings. The van der Waals surface area contributed by atoms with E-state index < -0.39 is 17.6 Å². The zero-order valence-electron chi connectivity index (χ0n) is 20.5. The van der Waals surface area contributed by atoms with E-state index in [1.54, 1.807) is 24.3 Å². The third-order valence-electron chi connectivity index (χ3n) is 6.45. The molecular weight excluding hydrogens is 495 g/mol. The minimum Gasteiger partial charge on any atom is -0.383 e. The zero-order valence-corrected chi connectivity index (χ0v) is 20.5. The van der Waals surface area contributed by atoms with Crippen LogP contribution in [0.1, 0.15) is 46.1 Å². The number of aromatic nitrogens is 4. The largest absolute Gasteiger partial charge is 0.416 e. The van der Waals surface area contributed by atoms with E-state index in [2.05, 4.69) is 39.1 Å². The molecule has 3 heterocycles. The van der Waals surface area contributed by atoms with Crippen molar-refractivity contribution in [2.75, 3.05) is 31.2 Å². The molecule has 0 aliphatic carbocycles. The molecule has 0 unspecified atom stereocenters. The normalized spacial score (nSPS) is 14.7. The summed E-state index contributed by atoms with van der Waals surface area (Å²) in [6.45, 7) is 1.89. The highest BCUT2D eigenvalue weighted by Gasteiger charge is 2.30. The minimum atomic E-state index is -4.50. The van der Waals surface area contributed by atoms with E-state index >= 15 is 0 Å². The van der Waals surface area contributed by atoms with Gasteiger partial charge in [-0.1, -0.05) is 18.1 Å². The first-order valence-electron chi connectivity index (χ1n) is 12.0. The Kier molecular flexibility index (Phi) is 6.73. The van der Waals surface area contributed by atoms with Gasteiger partial charge in [0.25, 0.3) is 5.91 Å². The number of halogens is 3. The van der Waals surface area contributed by atoms with Gasteiger partial charge in [-0.25, -0.2) is 14.6 Å². The number of amides is 1. The molecule has 5 rings (SSSR count). The van der Waals surface area contributed by atoms with Gasteiger partial charge >= 0.3 is 6.18 Å². The van der Waals surface area contributed by atoms with Gasteiger partial charge in [0.1, 0.15) is 17.8 Å². The summed E-state index contributed by atoms with van der Waals surface area (Å²) in [5.41, 5.74) is 7.21. The van der Waals surface area contributed by atoms with Gasteiger partial charge < -0.3 is 16.0 Å². The summed E-state index contributed by atoms with van der Waals surface area (Å²) in [6, 6.07) is 11.1. The molecule has 0 atom stereocenters. The molecule has 3 N–H and O–H groups in total. The number of piperidine rings is 1. The van der Waals surface area contributed by atoms with Crippen molar-refractivity contribution in [3.8, 4) is 11.8 Å². The maximum atomic E-state index is 13.0. The molecule has 2 aromatic carbocycles. The maximum absolute atomic E-state index is 13.0. The number of rotatable bonds is 3. The van der Waals surface area contributed by atoms with Gasteiger partial charge in [0.15, 0.2) is 5.65 Å². The average Bonchev–Trinajstić information content (AvgIpc) is 3.28. The molecule has 8 nitrogen and oxygen atoms in total. The van der Waals surface area contributed by atoms with Gasteiger partial charge in [0, 0.05) is 16.8 Å². The number of benzene rings is 2. The van der Waals surface area contributed by atoms with Crippen LogP contribution in [0.25, 0.3) is 11.0 Å². The van der Waals surface area contributed by atoms with Crippen LogP contribution in [-0.4, -0.2) is 50.7 Å². The van der Waals surface area contributed by atoms with Crippen molar-refractivity contribution < 1.29 is 18.0 Å². The molecule has 1 saturated heterocycles. The first-order chi connectivity index (χ1) is 18.2. The van der Waals surface area contributed by atoms with Crippen molar-refractivity contribution in [1.29, 1.82) is 0 Å². The highest BCUT2D eigenvalue weighted by molar-refractivity contribution is 6.04. The molecule has 0 spiro atoms. The number of nitrogen functional groups attached to an aromatic ring is 1. The smallest absolute Gasteiger partial charge is 0.383 e. The van der Waals surface area contributed by atoms with Crippen LogP contribution in [0.15, 0.2) is 54.9 Å². The second kappa shape index (κ2) is 10.1. The Hall–Kier alpha value is -4.43. The quantitative estimate of drug-likeness (QED) is 0.391. The van der Waals surface area contributed by atoms with Crippen molar-refractivity contribution in [2.24, 2.45) is 0 Å². The molecule has 1 amide bonds. The number of nitrogens with zero attached hydrogens (tertiary/aromatic N) is 5. The molecule has 38 heavy (non-hydrogen) atoms. The van der Waals surface area contributed by atoms with Gasteiger partial charge in [0.2, 0.25) is 0 Å². The number of carbonyl (C=O) groups is 1. The Morgan fingerprint density at radius 3 is 2.61 bits per heavy atom. The molecule has 11 heteroatoms.